The number of piperidine rings is 1. The summed E-state index contributed by atoms with van der Waals surface area (Å²) in [7, 11) is 0. The maximum absolute atomic E-state index is 4.27. The molecule has 1 aliphatic heterocycles. The molecule has 0 aromatic carbocycles. The van der Waals surface area contributed by atoms with E-state index in [9.17, 15) is 0 Å². The number of anilines is 1. The van der Waals surface area contributed by atoms with Crippen molar-refractivity contribution in [2.24, 2.45) is 0 Å². The lowest BCUT2D eigenvalue weighted by Gasteiger charge is -2.31. The monoisotopic (exact) mass is 332 g/mol. The van der Waals surface area contributed by atoms with Crippen LogP contribution in [0.4, 0.5) is 5.95 Å². The molecule has 0 saturated carbocycles. The molecule has 0 atom stereocenters. The van der Waals surface area contributed by atoms with E-state index in [4.69, 9.17) is 0 Å². The second kappa shape index (κ2) is 5.77. The fraction of sp³-hybridized carbons (Fsp3) is 0.636. The van der Waals surface area contributed by atoms with Gasteiger partial charge in [-0.2, -0.15) is 0 Å². The third kappa shape index (κ3) is 3.28. The predicted octanol–water partition coefficient (Wildman–Crippen LogP) is 1.98. The summed E-state index contributed by atoms with van der Waals surface area (Å²) in [5, 5.41) is 3.40. The SMILES string of the molecule is CCN1CCC(Nc2ncc(I)cn2)CC1. The minimum absolute atomic E-state index is 0.530. The summed E-state index contributed by atoms with van der Waals surface area (Å²) in [5.74, 6) is 0.760. The van der Waals surface area contributed by atoms with Gasteiger partial charge in [0.2, 0.25) is 5.95 Å². The number of aromatic nitrogens is 2. The van der Waals surface area contributed by atoms with Gasteiger partial charge in [-0.1, -0.05) is 6.92 Å². The van der Waals surface area contributed by atoms with E-state index >= 15 is 0 Å². The molecule has 1 fully saturated rings. The molecule has 1 aromatic rings. The summed E-state index contributed by atoms with van der Waals surface area (Å²) in [4.78, 5) is 11.0. The molecular weight excluding hydrogens is 315 g/mol. The van der Waals surface area contributed by atoms with E-state index in [1.807, 2.05) is 12.4 Å². The first-order chi connectivity index (χ1) is 7.78. The van der Waals surface area contributed by atoms with E-state index < -0.39 is 0 Å². The van der Waals surface area contributed by atoms with Crippen LogP contribution in [0.3, 0.4) is 0 Å². The minimum Gasteiger partial charge on any atom is -0.351 e. The molecular formula is C11H17IN4. The molecule has 2 rings (SSSR count). The van der Waals surface area contributed by atoms with E-state index in [0.29, 0.717) is 6.04 Å². The highest BCUT2D eigenvalue weighted by atomic mass is 127. The summed E-state index contributed by atoms with van der Waals surface area (Å²) in [6.45, 7) is 5.74. The van der Waals surface area contributed by atoms with Gasteiger partial charge in [0.05, 0.1) is 0 Å². The fourth-order valence-corrected chi connectivity index (χ4v) is 2.24. The average molecular weight is 332 g/mol. The Morgan fingerprint density at radius 2 is 2.00 bits per heavy atom. The van der Waals surface area contributed by atoms with Gasteiger partial charge in [-0.3, -0.25) is 0 Å². The van der Waals surface area contributed by atoms with Gasteiger partial charge >= 0.3 is 0 Å². The second-order valence-corrected chi connectivity index (χ2v) is 5.32. The van der Waals surface area contributed by atoms with Crippen LogP contribution in [0.5, 0.6) is 0 Å². The number of halogens is 1. The van der Waals surface area contributed by atoms with Crippen molar-refractivity contribution in [3.05, 3.63) is 16.0 Å². The van der Waals surface area contributed by atoms with Crippen molar-refractivity contribution in [1.29, 1.82) is 0 Å². The molecule has 0 spiro atoms. The largest absolute Gasteiger partial charge is 0.351 e. The zero-order valence-electron chi connectivity index (χ0n) is 9.49. The number of likely N-dealkylation sites (tertiary alicyclic amines) is 1. The summed E-state index contributed by atoms with van der Waals surface area (Å²) in [6, 6.07) is 0.530. The molecule has 2 heterocycles. The highest BCUT2D eigenvalue weighted by Gasteiger charge is 2.18. The Bertz CT molecular complexity index is 319. The molecule has 0 radical (unpaired) electrons. The lowest BCUT2D eigenvalue weighted by atomic mass is 10.1. The Labute approximate surface area is 110 Å². The summed E-state index contributed by atoms with van der Waals surface area (Å²) in [6.07, 6.45) is 6.06. The maximum Gasteiger partial charge on any atom is 0.222 e. The van der Waals surface area contributed by atoms with Gasteiger partial charge in [0.25, 0.3) is 0 Å². The lowest BCUT2D eigenvalue weighted by molar-refractivity contribution is 0.229. The van der Waals surface area contributed by atoms with Crippen LogP contribution in [-0.4, -0.2) is 40.5 Å². The summed E-state index contributed by atoms with van der Waals surface area (Å²) in [5.41, 5.74) is 0. The highest BCUT2D eigenvalue weighted by Crippen LogP contribution is 2.13. The lowest BCUT2D eigenvalue weighted by Crippen LogP contribution is -2.39. The van der Waals surface area contributed by atoms with Gasteiger partial charge in [-0.25, -0.2) is 9.97 Å². The average Bonchev–Trinajstić information content (AvgIpc) is 2.33. The van der Waals surface area contributed by atoms with Gasteiger partial charge in [-0.05, 0) is 42.0 Å². The first-order valence-corrected chi connectivity index (χ1v) is 6.82. The van der Waals surface area contributed by atoms with Gasteiger partial charge in [0.15, 0.2) is 0 Å². The van der Waals surface area contributed by atoms with Crippen LogP contribution in [-0.2, 0) is 0 Å². The van der Waals surface area contributed by atoms with Crippen molar-refractivity contribution in [1.82, 2.24) is 14.9 Å². The minimum atomic E-state index is 0.530. The number of nitrogens with one attached hydrogen (secondary N) is 1. The summed E-state index contributed by atoms with van der Waals surface area (Å²) < 4.78 is 1.07. The molecule has 0 unspecified atom stereocenters. The van der Waals surface area contributed by atoms with Crippen molar-refractivity contribution < 1.29 is 0 Å². The maximum atomic E-state index is 4.27. The van der Waals surface area contributed by atoms with Gasteiger partial charge < -0.3 is 10.2 Å². The van der Waals surface area contributed by atoms with Crippen LogP contribution in [0.15, 0.2) is 12.4 Å². The van der Waals surface area contributed by atoms with Crippen molar-refractivity contribution in [2.45, 2.75) is 25.8 Å². The van der Waals surface area contributed by atoms with Crippen molar-refractivity contribution in [2.75, 3.05) is 25.0 Å². The molecule has 1 aromatic heterocycles. The Kier molecular flexibility index (Phi) is 4.34. The molecule has 16 heavy (non-hydrogen) atoms. The number of hydrogen-bond acceptors (Lipinski definition) is 4. The molecule has 1 aliphatic rings. The quantitative estimate of drug-likeness (QED) is 0.860. The topological polar surface area (TPSA) is 41.0 Å². The zero-order valence-corrected chi connectivity index (χ0v) is 11.6. The predicted molar refractivity (Wildman–Crippen MR) is 73.5 cm³/mol. The van der Waals surface area contributed by atoms with Crippen LogP contribution in [0.1, 0.15) is 19.8 Å². The van der Waals surface area contributed by atoms with Crippen LogP contribution in [0, 0.1) is 3.57 Å². The van der Waals surface area contributed by atoms with E-state index in [2.05, 4.69) is 49.7 Å². The van der Waals surface area contributed by atoms with Gasteiger partial charge in [-0.15, -0.1) is 0 Å². The van der Waals surface area contributed by atoms with E-state index in [-0.39, 0.29) is 0 Å². The highest BCUT2D eigenvalue weighted by molar-refractivity contribution is 14.1. The van der Waals surface area contributed by atoms with E-state index in [1.165, 1.54) is 25.9 Å². The smallest absolute Gasteiger partial charge is 0.222 e. The molecule has 1 N–H and O–H groups in total. The summed E-state index contributed by atoms with van der Waals surface area (Å²) >= 11 is 2.22. The first-order valence-electron chi connectivity index (χ1n) is 5.74. The van der Waals surface area contributed by atoms with Gasteiger partial charge in [0, 0.05) is 35.1 Å². The third-order valence-corrected chi connectivity index (χ3v) is 3.55. The van der Waals surface area contributed by atoms with E-state index in [0.717, 1.165) is 16.1 Å². The Hall–Kier alpha value is -0.430. The number of rotatable bonds is 3. The van der Waals surface area contributed by atoms with Gasteiger partial charge in [0.1, 0.15) is 0 Å². The normalized spacial score (nSPS) is 18.6. The zero-order chi connectivity index (χ0) is 11.4. The number of nitrogens with zero attached hydrogens (tertiary/aromatic N) is 3. The Morgan fingerprint density at radius 1 is 1.38 bits per heavy atom. The van der Waals surface area contributed by atoms with E-state index in [1.54, 1.807) is 0 Å². The van der Waals surface area contributed by atoms with Crippen LogP contribution in [0.25, 0.3) is 0 Å². The third-order valence-electron chi connectivity index (χ3n) is 2.99. The molecule has 4 nitrogen and oxygen atoms in total. The molecule has 0 aliphatic carbocycles. The Morgan fingerprint density at radius 3 is 2.56 bits per heavy atom. The molecule has 0 bridgehead atoms. The van der Waals surface area contributed by atoms with Crippen LogP contribution >= 0.6 is 22.6 Å². The van der Waals surface area contributed by atoms with Crippen molar-refractivity contribution in [3.63, 3.8) is 0 Å². The van der Waals surface area contributed by atoms with Crippen molar-refractivity contribution in [3.8, 4) is 0 Å². The first kappa shape index (κ1) is 12.0. The van der Waals surface area contributed by atoms with Crippen LogP contribution in [0.2, 0.25) is 0 Å². The second-order valence-electron chi connectivity index (χ2n) is 4.08. The fourth-order valence-electron chi connectivity index (χ4n) is 1.96. The standard InChI is InChI=1S/C11H17IN4/c1-2-16-5-3-10(4-6-16)15-11-13-7-9(12)8-14-11/h7-8,10H,2-6H2,1H3,(H,13,14,15). The molecule has 88 valence electrons. The Balaban J connectivity index is 1.84. The molecule has 1 saturated heterocycles. The molecule has 0 amide bonds. The molecule has 5 heteroatoms. The number of hydrogen-bond donors (Lipinski definition) is 1. The van der Waals surface area contributed by atoms with Crippen molar-refractivity contribution >= 4 is 28.5 Å². The van der Waals surface area contributed by atoms with Crippen LogP contribution < -0.4 is 5.32 Å².